The molecule has 3 amide bonds. The van der Waals surface area contributed by atoms with E-state index in [9.17, 15) is 14.4 Å². The average Bonchev–Trinajstić information content (AvgIpc) is 3.29. The monoisotopic (exact) mass is 474 g/mol. The van der Waals surface area contributed by atoms with Gasteiger partial charge in [-0.1, -0.05) is 18.2 Å². The minimum atomic E-state index is -3.52. The van der Waals surface area contributed by atoms with Gasteiger partial charge in [-0.05, 0) is 30.1 Å². The summed E-state index contributed by atoms with van der Waals surface area (Å²) in [5, 5.41) is 4.44. The van der Waals surface area contributed by atoms with E-state index in [0.717, 1.165) is 18.7 Å². The first kappa shape index (κ1) is 14.9. The van der Waals surface area contributed by atoms with Gasteiger partial charge in [0, 0.05) is 67.0 Å². The molecule has 0 unspecified atom stereocenters. The molecule has 0 radical (unpaired) electrons. The number of morpholine rings is 1. The van der Waals surface area contributed by atoms with Crippen LogP contribution in [0.3, 0.4) is 0 Å². The van der Waals surface area contributed by atoms with Crippen molar-refractivity contribution in [2.24, 2.45) is 0 Å². The van der Waals surface area contributed by atoms with Crippen LogP contribution >= 0.6 is 0 Å². The summed E-state index contributed by atoms with van der Waals surface area (Å²) in [6, 6.07) is -0.484. The minimum Gasteiger partial charge on any atom is -0.381 e. The number of benzene rings is 2. The molecule has 3 aliphatic heterocycles. The summed E-state index contributed by atoms with van der Waals surface area (Å²) in [6.45, 7) is 2.27. The fourth-order valence-corrected chi connectivity index (χ4v) is 4.06. The number of hydrogen-bond acceptors (Lipinski definition) is 6. The molecule has 2 saturated heterocycles. The molecule has 8 nitrogen and oxygen atoms in total. The summed E-state index contributed by atoms with van der Waals surface area (Å²) >= 11 is 0. The second kappa shape index (κ2) is 9.52. The van der Waals surface area contributed by atoms with E-state index in [2.05, 4.69) is 10.2 Å². The molecular formula is C25H27FN4O4. The van der Waals surface area contributed by atoms with E-state index in [1.54, 1.807) is 17.4 Å². The number of imide groups is 1. The Labute approximate surface area is 208 Å². The molecule has 0 saturated carbocycles. The first-order valence-corrected chi connectivity index (χ1v) is 10.7. The molecule has 1 atom stereocenters. The molecule has 2 N–H and O–H groups in total. The number of nitrogens with zero attached hydrogens (tertiary/aromatic N) is 2. The number of halogens is 1. The van der Waals surface area contributed by atoms with Crippen molar-refractivity contribution < 1.29 is 34.5 Å². The Balaban J connectivity index is 1.45. The zero-order chi connectivity index (χ0) is 30.8. The second-order valence-electron chi connectivity index (χ2n) is 8.04. The molecule has 178 valence electrons. The van der Waals surface area contributed by atoms with Gasteiger partial charge in [0.05, 0.1) is 18.7 Å². The fraction of sp³-hybridized carbons (Fsp3) is 0.400. The first-order chi connectivity index (χ1) is 19.6. The van der Waals surface area contributed by atoms with E-state index >= 15 is 4.39 Å². The third-order valence-corrected chi connectivity index (χ3v) is 5.84. The van der Waals surface area contributed by atoms with E-state index in [1.807, 2.05) is 0 Å². The Kier molecular flexibility index (Phi) is 4.16. The average molecular weight is 475 g/mol. The van der Waals surface area contributed by atoms with E-state index in [-0.39, 0.29) is 23.4 Å². The molecule has 0 spiro atoms. The van der Waals surface area contributed by atoms with Crippen molar-refractivity contribution in [2.45, 2.75) is 38.4 Å². The van der Waals surface area contributed by atoms with Gasteiger partial charge in [0.25, 0.3) is 5.91 Å². The van der Waals surface area contributed by atoms with Crippen LogP contribution in [0, 0.1) is 5.82 Å². The van der Waals surface area contributed by atoms with Crippen LogP contribution in [0.15, 0.2) is 36.3 Å². The largest absolute Gasteiger partial charge is 0.381 e. The number of rotatable bonds is 6. The van der Waals surface area contributed by atoms with Gasteiger partial charge in [-0.25, -0.2) is 4.39 Å². The van der Waals surface area contributed by atoms with Gasteiger partial charge in [-0.3, -0.25) is 24.6 Å². The summed E-state index contributed by atoms with van der Waals surface area (Å²) in [5.41, 5.74) is 0.199. The number of ether oxygens (including phenoxy) is 1. The summed E-state index contributed by atoms with van der Waals surface area (Å²) in [7, 11) is 0. The zero-order valence-corrected chi connectivity index (χ0v) is 18.1. The maximum absolute atomic E-state index is 15.0. The van der Waals surface area contributed by atoms with E-state index in [0.29, 0.717) is 24.7 Å². The Morgan fingerprint density at radius 3 is 2.88 bits per heavy atom. The number of anilines is 1. The van der Waals surface area contributed by atoms with Gasteiger partial charge in [0.1, 0.15) is 11.8 Å². The number of nitrogens with one attached hydrogen (secondary N) is 2. The Morgan fingerprint density at radius 1 is 1.26 bits per heavy atom. The van der Waals surface area contributed by atoms with Crippen LogP contribution in [0.4, 0.5) is 10.1 Å². The number of hydrogen-bond donors (Lipinski definition) is 2. The van der Waals surface area contributed by atoms with Crippen LogP contribution in [0.5, 0.6) is 0 Å². The van der Waals surface area contributed by atoms with Crippen molar-refractivity contribution in [3.05, 3.63) is 64.4 Å². The predicted octanol–water partition coefficient (Wildman–Crippen LogP) is 2.03. The molecule has 0 bridgehead atoms. The van der Waals surface area contributed by atoms with Gasteiger partial charge in [0.2, 0.25) is 11.8 Å². The molecule has 0 aromatic heterocycles. The number of fused-ring (bicyclic) bond motifs is 1. The van der Waals surface area contributed by atoms with Gasteiger partial charge in [-0.15, -0.1) is 0 Å². The highest BCUT2D eigenvalue weighted by Gasteiger charge is 2.39. The van der Waals surface area contributed by atoms with Crippen LogP contribution < -0.4 is 10.6 Å². The third kappa shape index (κ3) is 4.53. The summed E-state index contributed by atoms with van der Waals surface area (Å²) in [4.78, 5) is 40.9. The van der Waals surface area contributed by atoms with Crippen molar-refractivity contribution in [1.82, 2.24) is 15.1 Å². The van der Waals surface area contributed by atoms with Gasteiger partial charge in [-0.2, -0.15) is 0 Å². The lowest BCUT2D eigenvalue weighted by molar-refractivity contribution is -0.136. The quantitative estimate of drug-likeness (QED) is 0.623. The zero-order valence-electron chi connectivity index (χ0n) is 26.1. The topological polar surface area (TPSA) is 91.0 Å². The summed E-state index contributed by atoms with van der Waals surface area (Å²) < 4.78 is 86.3. The molecule has 3 aliphatic rings. The molecule has 0 aliphatic carbocycles. The van der Waals surface area contributed by atoms with Crippen LogP contribution in [0.25, 0.3) is 0 Å². The number of carbonyl (C=O) groups is 3. The molecule has 3 heterocycles. The highest BCUT2D eigenvalue weighted by atomic mass is 19.1. The van der Waals surface area contributed by atoms with Crippen LogP contribution in [-0.2, 0) is 34.0 Å². The SMILES string of the molecule is [2H]c1c([2H])c(NCc2ccc(CN3CCOCC3)cc2F)c2c(c1[2H])C(=O)N([C@@]1([2H])C(=O)NC(=O)C([2H])([2H])C1([2H])[2H])C2. The van der Waals surface area contributed by atoms with Gasteiger partial charge >= 0.3 is 0 Å². The molecule has 2 aromatic rings. The van der Waals surface area contributed by atoms with Crippen molar-refractivity contribution >= 4 is 23.4 Å². The molecule has 5 rings (SSSR count). The lowest BCUT2D eigenvalue weighted by Gasteiger charge is -2.29. The van der Waals surface area contributed by atoms with Crippen molar-refractivity contribution in [3.8, 4) is 0 Å². The minimum absolute atomic E-state index is 0.108. The lowest BCUT2D eigenvalue weighted by atomic mass is 10.0. The maximum Gasteiger partial charge on any atom is 0.255 e. The number of carbonyl (C=O) groups excluding carboxylic acids is 3. The fourth-order valence-electron chi connectivity index (χ4n) is 4.06. The molecular weight excluding hydrogens is 439 g/mol. The van der Waals surface area contributed by atoms with Crippen LogP contribution in [-0.4, -0.2) is 59.8 Å². The highest BCUT2D eigenvalue weighted by Crippen LogP contribution is 2.32. The Hall–Kier alpha value is -3.30. The highest BCUT2D eigenvalue weighted by molar-refractivity contribution is 6.06. The predicted molar refractivity (Wildman–Crippen MR) is 122 cm³/mol. The Morgan fingerprint density at radius 2 is 2.09 bits per heavy atom. The van der Waals surface area contributed by atoms with Crippen molar-refractivity contribution in [1.29, 1.82) is 0 Å². The standard InChI is InChI=1S/C25H27FN4O4/c26-20-12-16(14-29-8-10-34-11-9-29)4-5-17(20)13-27-21-3-1-2-18-19(21)15-30(25(18)33)22-6-7-23(31)28-24(22)32/h1-5,12,22,27H,6-11,13-15H2,(H,28,31,32)/t22-/m1/s1/i1D,2D,3D,6D2,7D2,22D. The lowest BCUT2D eigenvalue weighted by Crippen LogP contribution is -2.52. The van der Waals surface area contributed by atoms with Crippen molar-refractivity contribution in [2.75, 3.05) is 31.6 Å². The first-order valence-electron chi connectivity index (χ1n) is 14.7. The van der Waals surface area contributed by atoms with E-state index in [4.69, 9.17) is 15.7 Å². The molecule has 34 heavy (non-hydrogen) atoms. The summed E-state index contributed by atoms with van der Waals surface area (Å²) in [5.74, 6) is -4.94. The number of amides is 3. The van der Waals surface area contributed by atoms with Gasteiger partial charge in [0.15, 0.2) is 0 Å². The normalized spacial score (nSPS) is 29.4. The molecule has 2 aromatic carbocycles. The molecule has 9 heteroatoms. The summed E-state index contributed by atoms with van der Waals surface area (Å²) in [6.07, 6.45) is -6.90. The Bertz CT molecular complexity index is 1500. The second-order valence-corrected chi connectivity index (χ2v) is 8.04. The molecule has 2 fully saturated rings. The van der Waals surface area contributed by atoms with Crippen molar-refractivity contribution in [3.63, 3.8) is 0 Å². The van der Waals surface area contributed by atoms with Crippen LogP contribution in [0.1, 0.15) is 50.8 Å². The van der Waals surface area contributed by atoms with Crippen LogP contribution in [0.2, 0.25) is 0 Å². The van der Waals surface area contributed by atoms with Gasteiger partial charge < -0.3 is 15.0 Å². The smallest absolute Gasteiger partial charge is 0.255 e. The van der Waals surface area contributed by atoms with E-state index in [1.165, 1.54) is 6.07 Å². The maximum atomic E-state index is 15.0. The third-order valence-electron chi connectivity index (χ3n) is 5.84. The number of piperidine rings is 1. The van der Waals surface area contributed by atoms with E-state index < -0.39 is 72.5 Å².